The van der Waals surface area contributed by atoms with Gasteiger partial charge in [0, 0.05) is 60.3 Å². The Labute approximate surface area is 107 Å². The molecule has 0 unspecified atom stereocenters. The zero-order valence-electron chi connectivity index (χ0n) is 5.09. The maximum Gasteiger partial charge on any atom is 0 e. The first-order valence-electron chi connectivity index (χ1n) is 0.853. The van der Waals surface area contributed by atoms with Gasteiger partial charge in [0.2, 0.25) is 0 Å². The van der Waals surface area contributed by atoms with E-state index in [1.807, 2.05) is 0 Å². The van der Waals surface area contributed by atoms with Crippen LogP contribution in [0.3, 0.4) is 0 Å². The second-order valence-electron chi connectivity index (χ2n) is 0.609. The van der Waals surface area contributed by atoms with E-state index in [1.54, 1.807) is 0 Å². The molecule has 9 N–H and O–H groups in total. The second kappa shape index (κ2) is 22.7. The third-order valence-electron chi connectivity index (χ3n) is 0. The molecule has 83 valence electrons. The standard InChI is InChI=1S/3Ir.H3N3OP.3H2N/c;;;1-5(2,3)4;;;/h;;;(H3-3,1,2,3,4);3*1H2/q;;;-3;3*-1. The van der Waals surface area contributed by atoms with Crippen molar-refractivity contribution in [2.24, 2.45) is 0 Å². The maximum absolute atomic E-state index is 9.22. The van der Waals surface area contributed by atoms with Gasteiger partial charge in [0.15, 0.2) is 0 Å². The van der Waals surface area contributed by atoms with Crippen LogP contribution >= 0.6 is 7.59 Å². The van der Waals surface area contributed by atoms with E-state index in [0.29, 0.717) is 0 Å². The number of nitrogens with one attached hydrogen (secondary N) is 3. The molecular weight excluding hydrogens is 708 g/mol. The van der Waals surface area contributed by atoms with Crippen LogP contribution in [-0.2, 0) is 64.9 Å². The predicted molar refractivity (Wildman–Crippen MR) is 36.4 cm³/mol. The Kier molecular flexibility index (Phi) is 108. The summed E-state index contributed by atoms with van der Waals surface area (Å²) in [5, 5.41) is 0. The minimum absolute atomic E-state index is 0. The van der Waals surface area contributed by atoms with Gasteiger partial charge in [-0.2, -0.15) is 0 Å². The van der Waals surface area contributed by atoms with Gasteiger partial charge in [0.25, 0.3) is 0 Å². The minimum atomic E-state index is -3.89. The van der Waals surface area contributed by atoms with Crippen molar-refractivity contribution in [1.29, 1.82) is 0 Å². The molecule has 0 saturated heterocycles. The molecule has 7 nitrogen and oxygen atoms in total. The van der Waals surface area contributed by atoms with Crippen molar-refractivity contribution in [2.45, 2.75) is 0 Å². The van der Waals surface area contributed by atoms with Crippen LogP contribution < -0.4 is 0 Å². The van der Waals surface area contributed by atoms with Gasteiger partial charge < -0.3 is 39.5 Å². The fraction of sp³-hybridized carbons (Fsp3) is 0. The van der Waals surface area contributed by atoms with E-state index < -0.39 is 7.59 Å². The van der Waals surface area contributed by atoms with E-state index in [9.17, 15) is 4.57 Å². The molecule has 0 saturated carbocycles. The zero-order valence-corrected chi connectivity index (χ0v) is 13.2. The van der Waals surface area contributed by atoms with Gasteiger partial charge in [-0.15, -0.1) is 0 Å². The van der Waals surface area contributed by atoms with Crippen LogP contribution in [-0.4, -0.2) is 0 Å². The molecule has 0 aliphatic rings. The summed E-state index contributed by atoms with van der Waals surface area (Å²) in [6.07, 6.45) is 0. The normalized spacial score (nSPS) is 5.36. The molecule has 0 bridgehead atoms. The molecule has 0 amide bonds. The summed E-state index contributed by atoms with van der Waals surface area (Å²) in [7, 11) is -3.89. The van der Waals surface area contributed by atoms with Crippen LogP contribution in [0.15, 0.2) is 0 Å². The molecule has 0 spiro atoms. The van der Waals surface area contributed by atoms with Crippen molar-refractivity contribution in [3.8, 4) is 0 Å². The Morgan fingerprint density at radius 3 is 0.727 bits per heavy atom. The Morgan fingerprint density at radius 1 is 0.727 bits per heavy atom. The van der Waals surface area contributed by atoms with Crippen LogP contribution in [0, 0.1) is 0 Å². The maximum atomic E-state index is 9.22. The summed E-state index contributed by atoms with van der Waals surface area (Å²) < 4.78 is 9.22. The van der Waals surface area contributed by atoms with Gasteiger partial charge in [-0.3, -0.25) is 0 Å². The van der Waals surface area contributed by atoms with E-state index in [0.717, 1.165) is 0 Å². The van der Waals surface area contributed by atoms with E-state index in [1.165, 1.54) is 0 Å². The fourth-order valence-electron chi connectivity index (χ4n) is 0. The average molecular weight is 717 g/mol. The van der Waals surface area contributed by atoms with Crippen LogP contribution in [0.4, 0.5) is 0 Å². The third-order valence-corrected chi connectivity index (χ3v) is 0. The zero-order chi connectivity index (χ0) is 4.50. The SMILES string of the molecule is [Ir].[Ir].[Ir].[NH-]P([NH-])([NH-])=O.[NH2-].[NH2-].[NH2-]. The first kappa shape index (κ1) is 52.3. The summed E-state index contributed by atoms with van der Waals surface area (Å²) >= 11 is 0. The molecule has 0 aromatic rings. The van der Waals surface area contributed by atoms with Crippen LogP contribution in [0.2, 0.25) is 0 Å². The van der Waals surface area contributed by atoms with E-state index in [2.05, 4.69) is 0 Å². The van der Waals surface area contributed by atoms with Crippen molar-refractivity contribution in [3.63, 3.8) is 0 Å². The molecule has 0 aliphatic heterocycles. The summed E-state index contributed by atoms with van der Waals surface area (Å²) in [5.41, 5.74) is 17.5. The number of nitrogens with two attached hydrogens (primary N) is 3. The van der Waals surface area contributed by atoms with Crippen molar-refractivity contribution in [1.82, 2.24) is 0 Å². The molecule has 0 rings (SSSR count). The quantitative estimate of drug-likeness (QED) is 0.331. The molecule has 0 fully saturated rings. The molecular formula is H9Ir3N6OP-6. The summed E-state index contributed by atoms with van der Waals surface area (Å²) in [6.45, 7) is 0. The first-order valence-corrected chi connectivity index (χ1v) is 2.56. The average Bonchev–Trinajstić information content (AvgIpc) is 0.722. The van der Waals surface area contributed by atoms with Gasteiger partial charge in [-0.25, -0.2) is 7.59 Å². The smallest absolute Gasteiger partial charge is 0 e. The molecule has 0 heterocycles. The predicted octanol–water partition coefficient (Wildman–Crippen LogP) is 4.39. The molecule has 11 heavy (non-hydrogen) atoms. The van der Waals surface area contributed by atoms with Gasteiger partial charge >= 0.3 is 0 Å². The minimum Gasteiger partial charge on any atom is -0.693 e. The topological polar surface area (TPSA) is 189 Å². The van der Waals surface area contributed by atoms with E-state index >= 15 is 0 Å². The fourth-order valence-corrected chi connectivity index (χ4v) is 0. The Balaban J connectivity index is -0.00000000533. The first-order chi connectivity index (χ1) is 2.00. The van der Waals surface area contributed by atoms with Crippen molar-refractivity contribution in [2.75, 3.05) is 0 Å². The molecule has 3 radical (unpaired) electrons. The van der Waals surface area contributed by atoms with Crippen molar-refractivity contribution in [3.05, 3.63) is 35.0 Å². The third kappa shape index (κ3) is 314. The molecule has 0 aromatic carbocycles. The van der Waals surface area contributed by atoms with Gasteiger partial charge in [0.05, 0.1) is 0 Å². The molecule has 0 atom stereocenters. The van der Waals surface area contributed by atoms with E-state index in [-0.39, 0.29) is 78.8 Å². The molecule has 0 aliphatic carbocycles. The number of hydrogen-bond acceptors (Lipinski definition) is 1. The molecule has 0 aromatic heterocycles. The van der Waals surface area contributed by atoms with Crippen molar-refractivity contribution < 1.29 is 64.9 Å². The Morgan fingerprint density at radius 2 is 0.727 bits per heavy atom. The van der Waals surface area contributed by atoms with Crippen LogP contribution in [0.5, 0.6) is 0 Å². The Bertz CT molecular complexity index is 64.0. The summed E-state index contributed by atoms with van der Waals surface area (Å²) in [4.78, 5) is 0. The number of rotatable bonds is 0. The summed E-state index contributed by atoms with van der Waals surface area (Å²) in [6, 6.07) is 0. The van der Waals surface area contributed by atoms with Crippen LogP contribution in [0.1, 0.15) is 0 Å². The van der Waals surface area contributed by atoms with Gasteiger partial charge in [-0.05, 0) is 0 Å². The number of hydrogen-bond donors (Lipinski definition) is 0. The monoisotopic (exact) mass is 719 g/mol. The molecule has 11 heteroatoms. The van der Waals surface area contributed by atoms with Crippen molar-refractivity contribution >= 4 is 7.59 Å². The summed E-state index contributed by atoms with van der Waals surface area (Å²) in [5.74, 6) is 0. The van der Waals surface area contributed by atoms with Gasteiger partial charge in [-0.1, -0.05) is 0 Å². The second-order valence-corrected chi connectivity index (χ2v) is 1.83. The largest absolute Gasteiger partial charge is 0.693 e. The van der Waals surface area contributed by atoms with Gasteiger partial charge in [0.1, 0.15) is 0 Å². The van der Waals surface area contributed by atoms with E-state index in [4.69, 9.17) is 16.5 Å². The van der Waals surface area contributed by atoms with Crippen LogP contribution in [0.25, 0.3) is 35.0 Å². The Hall–Kier alpha value is 1.94.